The van der Waals surface area contributed by atoms with Gasteiger partial charge in [-0.1, -0.05) is 52.3 Å². The van der Waals surface area contributed by atoms with Crippen molar-refractivity contribution in [3.8, 4) is 0 Å². The predicted octanol–water partition coefficient (Wildman–Crippen LogP) is 5.94. The van der Waals surface area contributed by atoms with Crippen molar-refractivity contribution in [1.29, 1.82) is 0 Å². The third-order valence-corrected chi connectivity index (χ3v) is 8.49. The molecule has 3 atom stereocenters. The van der Waals surface area contributed by atoms with Crippen LogP contribution in [-0.4, -0.2) is 23.2 Å². The van der Waals surface area contributed by atoms with Crippen LogP contribution in [0.15, 0.2) is 18.2 Å². The van der Waals surface area contributed by atoms with Crippen LogP contribution >= 0.6 is 11.8 Å². The van der Waals surface area contributed by atoms with Gasteiger partial charge in [-0.3, -0.25) is 0 Å². The molecule has 140 valence electrons. The van der Waals surface area contributed by atoms with Gasteiger partial charge >= 0.3 is 0 Å². The van der Waals surface area contributed by atoms with Gasteiger partial charge < -0.3 is 5.11 Å². The highest BCUT2D eigenvalue weighted by atomic mass is 32.2. The Morgan fingerprint density at radius 2 is 2.04 bits per heavy atom. The van der Waals surface area contributed by atoms with E-state index >= 15 is 0 Å². The van der Waals surface area contributed by atoms with E-state index in [-0.39, 0.29) is 0 Å². The second-order valence-electron chi connectivity index (χ2n) is 9.22. The van der Waals surface area contributed by atoms with Gasteiger partial charge in [0.25, 0.3) is 0 Å². The molecule has 0 spiro atoms. The third kappa shape index (κ3) is 3.67. The van der Waals surface area contributed by atoms with E-state index in [2.05, 4.69) is 57.7 Å². The van der Waals surface area contributed by atoms with Crippen molar-refractivity contribution in [2.24, 2.45) is 11.3 Å². The first-order chi connectivity index (χ1) is 11.9. The fourth-order valence-corrected chi connectivity index (χ4v) is 6.94. The number of thioether (sulfide) groups is 1. The van der Waals surface area contributed by atoms with Crippen molar-refractivity contribution < 1.29 is 5.11 Å². The summed E-state index contributed by atoms with van der Waals surface area (Å²) >= 11 is 2.07. The van der Waals surface area contributed by atoms with E-state index in [4.69, 9.17) is 5.11 Å². The molecule has 0 heterocycles. The van der Waals surface area contributed by atoms with Crippen LogP contribution in [0.2, 0.25) is 0 Å². The number of aliphatic hydroxyl groups is 1. The number of hydrogen-bond acceptors (Lipinski definition) is 2. The first-order valence-corrected chi connectivity index (χ1v) is 11.4. The minimum Gasteiger partial charge on any atom is -0.396 e. The Balaban J connectivity index is 1.85. The summed E-state index contributed by atoms with van der Waals surface area (Å²) in [5.74, 6) is 3.78. The standard InChI is InChI=1S/C23H36OS/c1-17(2)18-7-9-20-19(15-18)8-10-21-22(3,16-25-14-6-13-24)11-5-12-23(20,21)4/h7,9,15,17,21,24H,5-6,8,10-14,16H2,1-4H3/t21-,22-,23+/m0/s1. The summed E-state index contributed by atoms with van der Waals surface area (Å²) in [5.41, 5.74) is 5.58. The maximum atomic E-state index is 9.05. The molecule has 0 bridgehead atoms. The number of aryl methyl sites for hydroxylation is 1. The summed E-state index contributed by atoms with van der Waals surface area (Å²) in [6, 6.07) is 7.37. The van der Waals surface area contributed by atoms with Crippen molar-refractivity contribution in [3.05, 3.63) is 34.9 Å². The van der Waals surface area contributed by atoms with Gasteiger partial charge in [0, 0.05) is 6.61 Å². The lowest BCUT2D eigenvalue weighted by Gasteiger charge is -2.55. The Kier molecular flexibility index (Phi) is 5.90. The van der Waals surface area contributed by atoms with E-state index in [9.17, 15) is 0 Å². The maximum Gasteiger partial charge on any atom is 0.0438 e. The van der Waals surface area contributed by atoms with Gasteiger partial charge in [-0.2, -0.15) is 11.8 Å². The summed E-state index contributed by atoms with van der Waals surface area (Å²) in [6.07, 6.45) is 7.62. The fourth-order valence-electron chi connectivity index (χ4n) is 5.65. The minimum atomic E-state index is 0.330. The average molecular weight is 361 g/mol. The molecule has 3 rings (SSSR count). The van der Waals surface area contributed by atoms with Crippen LogP contribution in [0.25, 0.3) is 0 Å². The first-order valence-electron chi connectivity index (χ1n) is 10.2. The van der Waals surface area contributed by atoms with Crippen LogP contribution in [0.5, 0.6) is 0 Å². The van der Waals surface area contributed by atoms with Crippen molar-refractivity contribution in [3.63, 3.8) is 0 Å². The first kappa shape index (κ1) is 19.3. The van der Waals surface area contributed by atoms with Gasteiger partial charge in [-0.05, 0) is 83.0 Å². The van der Waals surface area contributed by atoms with Gasteiger partial charge in [0.05, 0.1) is 0 Å². The summed E-state index contributed by atoms with van der Waals surface area (Å²) in [4.78, 5) is 0. The van der Waals surface area contributed by atoms with E-state index in [1.165, 1.54) is 43.4 Å². The predicted molar refractivity (Wildman–Crippen MR) is 111 cm³/mol. The molecule has 25 heavy (non-hydrogen) atoms. The van der Waals surface area contributed by atoms with Crippen LogP contribution < -0.4 is 0 Å². The second-order valence-corrected chi connectivity index (χ2v) is 10.3. The molecule has 0 unspecified atom stereocenters. The van der Waals surface area contributed by atoms with Crippen LogP contribution in [0.3, 0.4) is 0 Å². The van der Waals surface area contributed by atoms with Crippen LogP contribution in [-0.2, 0) is 11.8 Å². The van der Waals surface area contributed by atoms with Gasteiger partial charge in [-0.25, -0.2) is 0 Å². The van der Waals surface area contributed by atoms with E-state index in [0.29, 0.717) is 23.4 Å². The molecule has 2 heteroatoms. The number of benzene rings is 1. The van der Waals surface area contributed by atoms with Gasteiger partial charge in [0.2, 0.25) is 0 Å². The molecule has 1 N–H and O–H groups in total. The number of rotatable bonds is 6. The summed E-state index contributed by atoms with van der Waals surface area (Å²) < 4.78 is 0. The zero-order valence-corrected chi connectivity index (χ0v) is 17.4. The molecule has 1 aromatic carbocycles. The van der Waals surface area contributed by atoms with Crippen LogP contribution in [0.1, 0.15) is 82.4 Å². The average Bonchev–Trinajstić information content (AvgIpc) is 2.58. The Hall–Kier alpha value is -0.470. The van der Waals surface area contributed by atoms with E-state index in [1.807, 2.05) is 0 Å². The van der Waals surface area contributed by atoms with Crippen molar-refractivity contribution >= 4 is 11.8 Å². The van der Waals surface area contributed by atoms with Gasteiger partial charge in [0.1, 0.15) is 0 Å². The second kappa shape index (κ2) is 7.64. The molecule has 1 fully saturated rings. The van der Waals surface area contributed by atoms with Crippen molar-refractivity contribution in [2.75, 3.05) is 18.1 Å². The Labute approximate surface area is 159 Å². The highest BCUT2D eigenvalue weighted by Gasteiger charge is 2.51. The number of hydrogen-bond donors (Lipinski definition) is 1. The molecule has 0 aromatic heterocycles. The smallest absolute Gasteiger partial charge is 0.0438 e. The van der Waals surface area contributed by atoms with E-state index in [1.54, 1.807) is 11.1 Å². The topological polar surface area (TPSA) is 20.2 Å². The lowest BCUT2D eigenvalue weighted by atomic mass is 9.50. The Morgan fingerprint density at radius 3 is 2.76 bits per heavy atom. The van der Waals surface area contributed by atoms with E-state index < -0.39 is 0 Å². The van der Waals surface area contributed by atoms with Crippen molar-refractivity contribution in [1.82, 2.24) is 0 Å². The monoisotopic (exact) mass is 360 g/mol. The normalized spacial score (nSPS) is 31.7. The molecule has 2 aliphatic rings. The molecular formula is C23H36OS. The third-order valence-electron chi connectivity index (χ3n) is 7.05. The van der Waals surface area contributed by atoms with Crippen LogP contribution in [0.4, 0.5) is 0 Å². The minimum absolute atomic E-state index is 0.330. The Morgan fingerprint density at radius 1 is 1.24 bits per heavy atom. The molecule has 0 radical (unpaired) electrons. The largest absolute Gasteiger partial charge is 0.396 e. The summed E-state index contributed by atoms with van der Waals surface area (Å²) in [5, 5.41) is 9.05. The lowest BCUT2D eigenvalue weighted by Crippen LogP contribution is -2.50. The Bertz CT molecular complexity index is 596. The maximum absolute atomic E-state index is 9.05. The molecule has 0 aliphatic heterocycles. The molecule has 1 nitrogen and oxygen atoms in total. The fraction of sp³-hybridized carbons (Fsp3) is 0.739. The highest BCUT2D eigenvalue weighted by molar-refractivity contribution is 7.99. The number of aliphatic hydroxyl groups excluding tert-OH is 1. The van der Waals surface area contributed by atoms with Crippen LogP contribution in [0, 0.1) is 11.3 Å². The zero-order chi connectivity index (χ0) is 18.1. The number of fused-ring (bicyclic) bond motifs is 3. The van der Waals surface area contributed by atoms with Crippen molar-refractivity contribution in [2.45, 2.75) is 77.6 Å². The molecular weight excluding hydrogens is 324 g/mol. The van der Waals surface area contributed by atoms with E-state index in [0.717, 1.165) is 18.1 Å². The van der Waals surface area contributed by atoms with Gasteiger partial charge in [0.15, 0.2) is 0 Å². The quantitative estimate of drug-likeness (QED) is 0.634. The molecule has 2 aliphatic carbocycles. The molecule has 0 amide bonds. The summed E-state index contributed by atoms with van der Waals surface area (Å²) in [7, 11) is 0. The van der Waals surface area contributed by atoms with Gasteiger partial charge in [-0.15, -0.1) is 0 Å². The molecule has 1 saturated carbocycles. The highest BCUT2D eigenvalue weighted by Crippen LogP contribution is 2.58. The lowest BCUT2D eigenvalue weighted by molar-refractivity contribution is 0.0445. The zero-order valence-electron chi connectivity index (χ0n) is 16.6. The molecule has 1 aromatic rings. The molecule has 0 saturated heterocycles. The summed E-state index contributed by atoms with van der Waals surface area (Å²) in [6.45, 7) is 10.0. The SMILES string of the molecule is CC(C)c1ccc2c(c1)CC[C@H]1[C@](C)(CSCCCO)CCC[C@]21C.